The van der Waals surface area contributed by atoms with Crippen LogP contribution in [0.5, 0.6) is 0 Å². The molecule has 25 heavy (non-hydrogen) atoms. The van der Waals surface area contributed by atoms with Crippen LogP contribution in [0.4, 0.5) is 10.5 Å². The van der Waals surface area contributed by atoms with Gasteiger partial charge >= 0.3 is 6.09 Å². The number of nitrogens with one attached hydrogen (secondary N) is 2. The van der Waals surface area contributed by atoms with E-state index in [2.05, 4.69) is 15.4 Å². The molecule has 1 aromatic rings. The molecule has 0 fully saturated rings. The van der Waals surface area contributed by atoms with E-state index in [9.17, 15) is 14.4 Å². The molecule has 0 aliphatic rings. The first-order chi connectivity index (χ1) is 11.8. The van der Waals surface area contributed by atoms with E-state index in [-0.39, 0.29) is 5.92 Å². The highest BCUT2D eigenvalue weighted by atomic mass is 16.5. The number of ether oxygens (including phenoxy) is 1. The van der Waals surface area contributed by atoms with Crippen LogP contribution in [0.3, 0.4) is 0 Å². The third-order valence-electron chi connectivity index (χ3n) is 3.37. The van der Waals surface area contributed by atoms with E-state index in [1.165, 1.54) is 26.3 Å². The molecule has 0 aliphatic heterocycles. The molecule has 0 saturated carbocycles. The van der Waals surface area contributed by atoms with Crippen molar-refractivity contribution in [2.24, 2.45) is 5.92 Å². The van der Waals surface area contributed by atoms with Gasteiger partial charge in [0.25, 0.3) is 11.8 Å². The molecule has 134 valence electrons. The van der Waals surface area contributed by atoms with Crippen molar-refractivity contribution in [1.82, 2.24) is 10.2 Å². The van der Waals surface area contributed by atoms with Crippen LogP contribution in [-0.2, 0) is 9.53 Å². The normalized spacial score (nSPS) is 11.2. The van der Waals surface area contributed by atoms with Crippen molar-refractivity contribution in [3.63, 3.8) is 0 Å². The summed E-state index contributed by atoms with van der Waals surface area (Å²) in [5, 5.41) is 14.0. The number of benzene rings is 1. The largest absolute Gasteiger partial charge is 0.453 e. The summed E-state index contributed by atoms with van der Waals surface area (Å²) >= 11 is 0. The SMILES string of the molecule is COC(=O)Nc1ccc(C(=O)NC(CC(C)C)C(=O)N(C)C#N)cc1. The monoisotopic (exact) mass is 346 g/mol. The lowest BCUT2D eigenvalue weighted by Gasteiger charge is -2.21. The summed E-state index contributed by atoms with van der Waals surface area (Å²) in [6.45, 7) is 3.85. The lowest BCUT2D eigenvalue weighted by Crippen LogP contribution is -2.46. The first kappa shape index (κ1) is 20.0. The highest BCUT2D eigenvalue weighted by molar-refractivity contribution is 5.98. The van der Waals surface area contributed by atoms with E-state index < -0.39 is 23.9 Å². The second-order valence-electron chi connectivity index (χ2n) is 5.85. The Morgan fingerprint density at radius 1 is 1.24 bits per heavy atom. The fraction of sp³-hybridized carbons (Fsp3) is 0.412. The van der Waals surface area contributed by atoms with Crippen LogP contribution in [0.1, 0.15) is 30.6 Å². The second kappa shape index (κ2) is 9.27. The van der Waals surface area contributed by atoms with Crippen molar-refractivity contribution in [2.45, 2.75) is 26.3 Å². The predicted octanol–water partition coefficient (Wildman–Crippen LogP) is 1.95. The number of hydrogen-bond donors (Lipinski definition) is 2. The molecule has 1 aromatic carbocycles. The van der Waals surface area contributed by atoms with Gasteiger partial charge in [0, 0.05) is 18.3 Å². The summed E-state index contributed by atoms with van der Waals surface area (Å²) in [6, 6.07) is 5.35. The van der Waals surface area contributed by atoms with Crippen molar-refractivity contribution in [2.75, 3.05) is 19.5 Å². The van der Waals surface area contributed by atoms with E-state index in [1.54, 1.807) is 18.3 Å². The summed E-state index contributed by atoms with van der Waals surface area (Å²) in [5.41, 5.74) is 0.805. The van der Waals surface area contributed by atoms with Gasteiger partial charge in [-0.1, -0.05) is 13.8 Å². The fourth-order valence-electron chi connectivity index (χ4n) is 2.09. The fourth-order valence-corrected chi connectivity index (χ4v) is 2.09. The molecular weight excluding hydrogens is 324 g/mol. The molecule has 8 nitrogen and oxygen atoms in total. The van der Waals surface area contributed by atoms with Crippen LogP contribution >= 0.6 is 0 Å². The van der Waals surface area contributed by atoms with E-state index in [1.807, 2.05) is 13.8 Å². The van der Waals surface area contributed by atoms with Crippen molar-refractivity contribution < 1.29 is 19.1 Å². The summed E-state index contributed by atoms with van der Waals surface area (Å²) < 4.78 is 4.48. The number of hydrogen-bond acceptors (Lipinski definition) is 5. The Morgan fingerprint density at radius 3 is 2.32 bits per heavy atom. The Kier molecular flexibility index (Phi) is 7.41. The van der Waals surface area contributed by atoms with Gasteiger partial charge in [-0.15, -0.1) is 0 Å². The number of nitrogens with zero attached hydrogens (tertiary/aromatic N) is 2. The molecule has 8 heteroatoms. The second-order valence-corrected chi connectivity index (χ2v) is 5.85. The quantitative estimate of drug-likeness (QED) is 0.604. The van der Waals surface area contributed by atoms with Gasteiger partial charge in [0.1, 0.15) is 6.04 Å². The standard InChI is InChI=1S/C17H22N4O4/c1-11(2)9-14(16(23)21(3)10-18)20-15(22)12-5-7-13(8-6-12)19-17(24)25-4/h5-8,11,14H,9H2,1-4H3,(H,19,24)(H,20,22). The van der Waals surface area contributed by atoms with E-state index in [0.717, 1.165) is 4.90 Å². The summed E-state index contributed by atoms with van der Waals surface area (Å²) in [5.74, 6) is -0.739. The summed E-state index contributed by atoms with van der Waals surface area (Å²) in [6.07, 6.45) is 1.55. The van der Waals surface area contributed by atoms with E-state index in [0.29, 0.717) is 17.7 Å². The number of carbonyl (C=O) groups excluding carboxylic acids is 3. The van der Waals surface area contributed by atoms with E-state index >= 15 is 0 Å². The van der Waals surface area contributed by atoms with Gasteiger partial charge in [0.15, 0.2) is 6.19 Å². The molecular formula is C17H22N4O4. The lowest BCUT2D eigenvalue weighted by atomic mass is 10.0. The third-order valence-corrected chi connectivity index (χ3v) is 3.37. The highest BCUT2D eigenvalue weighted by Crippen LogP contribution is 2.12. The molecule has 0 aliphatic carbocycles. The Labute approximate surface area is 146 Å². The lowest BCUT2D eigenvalue weighted by molar-refractivity contribution is -0.129. The zero-order valence-electron chi connectivity index (χ0n) is 14.7. The molecule has 3 amide bonds. The maximum Gasteiger partial charge on any atom is 0.411 e. The number of methoxy groups -OCH3 is 1. The molecule has 2 N–H and O–H groups in total. The zero-order valence-corrected chi connectivity index (χ0v) is 14.7. The number of anilines is 1. The van der Waals surface area contributed by atoms with Crippen molar-refractivity contribution in [3.05, 3.63) is 29.8 Å². The van der Waals surface area contributed by atoms with Crippen LogP contribution < -0.4 is 10.6 Å². The maximum absolute atomic E-state index is 12.4. The van der Waals surface area contributed by atoms with Crippen LogP contribution in [0.2, 0.25) is 0 Å². The number of rotatable bonds is 6. The molecule has 0 heterocycles. The minimum Gasteiger partial charge on any atom is -0.453 e. The summed E-state index contributed by atoms with van der Waals surface area (Å²) in [7, 11) is 2.61. The van der Waals surface area contributed by atoms with Crippen LogP contribution in [0.15, 0.2) is 24.3 Å². The van der Waals surface area contributed by atoms with Gasteiger partial charge < -0.3 is 10.1 Å². The Bertz CT molecular complexity index is 664. The maximum atomic E-state index is 12.4. The molecule has 1 atom stereocenters. The van der Waals surface area contributed by atoms with Crippen LogP contribution in [0.25, 0.3) is 0 Å². The topological polar surface area (TPSA) is 112 Å². The first-order valence-corrected chi connectivity index (χ1v) is 7.71. The van der Waals surface area contributed by atoms with Gasteiger partial charge in [-0.3, -0.25) is 19.8 Å². The van der Waals surface area contributed by atoms with E-state index in [4.69, 9.17) is 5.26 Å². The Morgan fingerprint density at radius 2 is 1.84 bits per heavy atom. The van der Waals surface area contributed by atoms with Gasteiger partial charge in [-0.25, -0.2) is 4.79 Å². The number of nitriles is 1. The van der Waals surface area contributed by atoms with Crippen molar-refractivity contribution in [1.29, 1.82) is 5.26 Å². The van der Waals surface area contributed by atoms with Gasteiger partial charge in [-0.2, -0.15) is 5.26 Å². The molecule has 1 rings (SSSR count). The highest BCUT2D eigenvalue weighted by Gasteiger charge is 2.25. The van der Waals surface area contributed by atoms with Crippen molar-refractivity contribution >= 4 is 23.6 Å². The molecule has 0 radical (unpaired) electrons. The number of likely N-dealkylation sites (N-methyl/N-ethyl adjacent to an activating group) is 1. The average molecular weight is 346 g/mol. The minimum absolute atomic E-state index is 0.160. The third kappa shape index (κ3) is 6.14. The van der Waals surface area contributed by atoms with Gasteiger partial charge in [0.05, 0.1) is 7.11 Å². The van der Waals surface area contributed by atoms with Crippen LogP contribution in [-0.4, -0.2) is 43.0 Å². The first-order valence-electron chi connectivity index (χ1n) is 7.71. The molecule has 0 spiro atoms. The zero-order chi connectivity index (χ0) is 19.0. The molecule has 1 unspecified atom stereocenters. The Hall–Kier alpha value is -3.08. The summed E-state index contributed by atoms with van der Waals surface area (Å²) in [4.78, 5) is 36.6. The molecule has 0 bridgehead atoms. The van der Waals surface area contributed by atoms with Gasteiger partial charge in [0.2, 0.25) is 0 Å². The van der Waals surface area contributed by atoms with Crippen molar-refractivity contribution in [3.8, 4) is 6.19 Å². The minimum atomic E-state index is -0.787. The number of amides is 3. The van der Waals surface area contributed by atoms with Crippen LogP contribution in [0, 0.1) is 17.4 Å². The van der Waals surface area contributed by atoms with Gasteiger partial charge in [-0.05, 0) is 36.6 Å². The Balaban J connectivity index is 2.84. The predicted molar refractivity (Wildman–Crippen MR) is 91.6 cm³/mol. The molecule has 0 aromatic heterocycles. The smallest absolute Gasteiger partial charge is 0.411 e. The molecule has 0 saturated heterocycles. The number of carbonyl (C=O) groups is 3. The average Bonchev–Trinajstić information content (AvgIpc) is 2.59.